The summed E-state index contributed by atoms with van der Waals surface area (Å²) in [6, 6.07) is 0. The molecule has 0 aromatic carbocycles. The summed E-state index contributed by atoms with van der Waals surface area (Å²) in [6.45, 7) is 11.3. The Morgan fingerprint density at radius 1 is 0.588 bits per heavy atom. The van der Waals surface area contributed by atoms with E-state index in [9.17, 15) is 9.59 Å². The second kappa shape index (κ2) is 22.2. The number of thiocarbonyl (C=S) groups is 2. The number of esters is 2. The van der Waals surface area contributed by atoms with E-state index in [2.05, 4.69) is 13.8 Å². The summed E-state index contributed by atoms with van der Waals surface area (Å²) in [5.41, 5.74) is 0. The zero-order valence-corrected chi connectivity index (χ0v) is 23.7. The quantitative estimate of drug-likeness (QED) is 0.109. The van der Waals surface area contributed by atoms with Crippen molar-refractivity contribution < 1.29 is 19.1 Å². The second-order valence-electron chi connectivity index (χ2n) is 8.54. The van der Waals surface area contributed by atoms with Crippen LogP contribution in [0, 0.1) is 0 Å². The minimum Gasteiger partial charge on any atom is -0.464 e. The van der Waals surface area contributed by atoms with Gasteiger partial charge in [0, 0.05) is 25.9 Å². The average molecular weight is 517 g/mol. The molecule has 0 rings (SSSR count). The van der Waals surface area contributed by atoms with Gasteiger partial charge in [0.2, 0.25) is 0 Å². The molecule has 0 aliphatic carbocycles. The van der Waals surface area contributed by atoms with Crippen molar-refractivity contribution >= 4 is 46.4 Å². The first-order chi connectivity index (χ1) is 16.4. The van der Waals surface area contributed by atoms with Gasteiger partial charge in [0.25, 0.3) is 0 Å². The molecule has 0 radical (unpaired) electrons. The molecule has 0 aliphatic heterocycles. The largest absolute Gasteiger partial charge is 0.464 e. The highest BCUT2D eigenvalue weighted by atomic mass is 32.1. The third kappa shape index (κ3) is 16.4. The molecule has 0 spiro atoms. The van der Waals surface area contributed by atoms with Crippen molar-refractivity contribution in [3.05, 3.63) is 0 Å². The van der Waals surface area contributed by atoms with Gasteiger partial charge < -0.3 is 19.3 Å². The van der Waals surface area contributed by atoms with E-state index in [1.807, 2.05) is 23.6 Å². The van der Waals surface area contributed by atoms with Crippen molar-refractivity contribution in [3.8, 4) is 0 Å². The maximum atomic E-state index is 11.9. The zero-order chi connectivity index (χ0) is 25.6. The van der Waals surface area contributed by atoms with Crippen molar-refractivity contribution in [1.82, 2.24) is 9.80 Å². The van der Waals surface area contributed by atoms with Crippen LogP contribution in [0.2, 0.25) is 0 Å². The van der Waals surface area contributed by atoms with E-state index in [1.165, 1.54) is 38.5 Å². The molecule has 198 valence electrons. The maximum Gasteiger partial charge on any atom is 0.305 e. The monoisotopic (exact) mass is 516 g/mol. The minimum atomic E-state index is -0.150. The first-order valence-electron chi connectivity index (χ1n) is 13.3. The molecule has 0 amide bonds. The van der Waals surface area contributed by atoms with Gasteiger partial charge in [-0.1, -0.05) is 89.6 Å². The van der Waals surface area contributed by atoms with Crippen molar-refractivity contribution in [1.29, 1.82) is 0 Å². The predicted molar refractivity (Wildman–Crippen MR) is 148 cm³/mol. The number of carbonyl (C=O) groups is 2. The number of hydrogen-bond donors (Lipinski definition) is 0. The van der Waals surface area contributed by atoms with Gasteiger partial charge in [-0.3, -0.25) is 9.59 Å². The summed E-state index contributed by atoms with van der Waals surface area (Å²) < 4.78 is 10.8. The zero-order valence-electron chi connectivity index (χ0n) is 22.1. The molecule has 0 aliphatic rings. The summed E-state index contributed by atoms with van der Waals surface area (Å²) in [5, 5.41) is 0. The number of rotatable bonds is 20. The molecular weight excluding hydrogens is 468 g/mol. The molecule has 0 saturated heterocycles. The highest BCUT2D eigenvalue weighted by Gasteiger charge is 2.18. The summed E-state index contributed by atoms with van der Waals surface area (Å²) in [4.78, 5) is 28.9. The van der Waals surface area contributed by atoms with Gasteiger partial charge in [0.15, 0.2) is 0 Å². The van der Waals surface area contributed by atoms with Crippen LogP contribution in [0.5, 0.6) is 0 Å². The molecule has 0 atom stereocenters. The van der Waals surface area contributed by atoms with Gasteiger partial charge in [0.05, 0.1) is 13.1 Å². The van der Waals surface area contributed by atoms with Gasteiger partial charge in [0.1, 0.15) is 23.2 Å². The maximum absolute atomic E-state index is 11.9. The summed E-state index contributed by atoms with van der Waals surface area (Å²) in [6.07, 6.45) is 12.0. The fourth-order valence-corrected chi connectivity index (χ4v) is 4.21. The van der Waals surface area contributed by atoms with Crippen LogP contribution in [0.25, 0.3) is 0 Å². The predicted octanol–water partition coefficient (Wildman–Crippen LogP) is 6.09. The van der Waals surface area contributed by atoms with Crippen LogP contribution < -0.4 is 0 Å². The Balaban J connectivity index is 4.27. The first kappa shape index (κ1) is 32.7. The fourth-order valence-electron chi connectivity index (χ4n) is 3.51. The molecule has 0 unspecified atom stereocenters. The van der Waals surface area contributed by atoms with E-state index in [0.717, 1.165) is 25.7 Å². The minimum absolute atomic E-state index is 0.150. The van der Waals surface area contributed by atoms with E-state index in [-0.39, 0.29) is 11.9 Å². The third-order valence-electron chi connectivity index (χ3n) is 5.74. The molecule has 0 saturated carbocycles. The molecule has 34 heavy (non-hydrogen) atoms. The lowest BCUT2D eigenvalue weighted by molar-refractivity contribution is -0.144. The molecule has 6 nitrogen and oxygen atoms in total. The smallest absolute Gasteiger partial charge is 0.305 e. The van der Waals surface area contributed by atoms with E-state index in [0.29, 0.717) is 62.2 Å². The van der Waals surface area contributed by atoms with Gasteiger partial charge in [-0.15, -0.1) is 0 Å². The Morgan fingerprint density at radius 3 is 1.26 bits per heavy atom. The summed E-state index contributed by atoms with van der Waals surface area (Å²) in [5.74, 6) is -0.299. The van der Waals surface area contributed by atoms with E-state index in [1.54, 1.807) is 0 Å². The number of ether oxygens (including phenoxy) is 2. The number of unbranched alkanes of at least 4 members (excludes halogenated alkanes) is 8. The Bertz CT molecular complexity index is 537. The normalized spacial score (nSPS) is 10.6. The lowest BCUT2D eigenvalue weighted by Crippen LogP contribution is -2.45. The molecule has 8 heteroatoms. The van der Waals surface area contributed by atoms with Crippen LogP contribution >= 0.6 is 24.4 Å². The van der Waals surface area contributed by atoms with Gasteiger partial charge in [-0.05, 0) is 26.7 Å². The van der Waals surface area contributed by atoms with Crippen LogP contribution in [-0.4, -0.2) is 71.1 Å². The number of hydrogen-bond acceptors (Lipinski definition) is 6. The molecule has 0 N–H and O–H groups in total. The van der Waals surface area contributed by atoms with Crippen molar-refractivity contribution in [3.63, 3.8) is 0 Å². The van der Waals surface area contributed by atoms with Crippen LogP contribution in [-0.2, 0) is 19.1 Å². The average Bonchev–Trinajstić information content (AvgIpc) is 2.83. The standard InChI is InChI=1S/C26H48N2O4S2/c1-5-9-11-13-15-17-23(29)31-21-19-27(7-3)25(33)26(34)28(8-4)20-22-32-24(30)18-16-14-12-10-6-2/h5-22H2,1-4H3. The molecule has 0 fully saturated rings. The lowest BCUT2D eigenvalue weighted by atomic mass is 10.1. The lowest BCUT2D eigenvalue weighted by Gasteiger charge is -2.30. The van der Waals surface area contributed by atoms with Crippen LogP contribution in [0.3, 0.4) is 0 Å². The topological polar surface area (TPSA) is 59.1 Å². The Hall–Kier alpha value is -1.28. The van der Waals surface area contributed by atoms with Crippen molar-refractivity contribution in [2.75, 3.05) is 39.4 Å². The Labute approximate surface area is 219 Å². The molecule has 0 heterocycles. The van der Waals surface area contributed by atoms with Crippen molar-refractivity contribution in [2.24, 2.45) is 0 Å². The van der Waals surface area contributed by atoms with Gasteiger partial charge >= 0.3 is 11.9 Å². The van der Waals surface area contributed by atoms with E-state index < -0.39 is 0 Å². The highest BCUT2D eigenvalue weighted by molar-refractivity contribution is 7.89. The number of likely N-dealkylation sites (N-methyl/N-ethyl adjacent to an activating group) is 2. The van der Waals surface area contributed by atoms with Crippen LogP contribution in [0.15, 0.2) is 0 Å². The van der Waals surface area contributed by atoms with Crippen LogP contribution in [0.4, 0.5) is 0 Å². The molecule has 0 bridgehead atoms. The van der Waals surface area contributed by atoms with E-state index in [4.69, 9.17) is 33.9 Å². The Kier molecular flexibility index (Phi) is 21.4. The SMILES string of the molecule is CCCCCCCC(=O)OCCN(CC)C(=S)C(=S)N(CC)CCOC(=O)CCCCCCC. The fraction of sp³-hybridized carbons (Fsp3) is 0.846. The van der Waals surface area contributed by atoms with E-state index >= 15 is 0 Å². The third-order valence-corrected chi connectivity index (χ3v) is 6.77. The second-order valence-corrected chi connectivity index (χ2v) is 9.31. The van der Waals surface area contributed by atoms with Gasteiger partial charge in [-0.2, -0.15) is 0 Å². The van der Waals surface area contributed by atoms with Gasteiger partial charge in [-0.25, -0.2) is 0 Å². The van der Waals surface area contributed by atoms with Crippen LogP contribution in [0.1, 0.15) is 105 Å². The molecule has 0 aromatic rings. The molecule has 0 aromatic heterocycles. The first-order valence-corrected chi connectivity index (χ1v) is 14.1. The summed E-state index contributed by atoms with van der Waals surface area (Å²) in [7, 11) is 0. The summed E-state index contributed by atoms with van der Waals surface area (Å²) >= 11 is 11.2. The Morgan fingerprint density at radius 2 is 0.941 bits per heavy atom. The number of nitrogens with zero attached hydrogens (tertiary/aromatic N) is 2. The number of carbonyl (C=O) groups excluding carboxylic acids is 2. The van der Waals surface area contributed by atoms with Crippen molar-refractivity contribution in [2.45, 2.75) is 105 Å². The molecular formula is C26H48N2O4S2. The highest BCUT2D eigenvalue weighted by Crippen LogP contribution is 2.08.